The van der Waals surface area contributed by atoms with Crippen molar-refractivity contribution < 1.29 is 17.9 Å². The first-order valence-electron chi connectivity index (χ1n) is 7.47. The number of benzene rings is 2. The van der Waals surface area contributed by atoms with Gasteiger partial charge in [0.15, 0.2) is 0 Å². The van der Waals surface area contributed by atoms with E-state index in [2.05, 4.69) is 20.0 Å². The first kappa shape index (κ1) is 17.4. The summed E-state index contributed by atoms with van der Waals surface area (Å²) in [4.78, 5) is 19.5. The van der Waals surface area contributed by atoms with Crippen molar-refractivity contribution in [1.29, 1.82) is 0 Å². The topological polar surface area (TPSA) is 110 Å². The Morgan fingerprint density at radius 1 is 0.885 bits per heavy atom. The number of carbonyl (C=O) groups is 1. The van der Waals surface area contributed by atoms with E-state index in [9.17, 15) is 13.2 Å². The quantitative estimate of drug-likeness (QED) is 0.714. The SMILES string of the molecule is O=C(Nc1ccc(S(=O)(=O)Nc2ncccn2)cc1)Oc1ccccc1. The molecule has 1 amide bonds. The second-order valence-corrected chi connectivity index (χ2v) is 6.71. The zero-order valence-corrected chi connectivity index (χ0v) is 14.2. The van der Waals surface area contributed by atoms with E-state index in [1.54, 1.807) is 36.4 Å². The van der Waals surface area contributed by atoms with Gasteiger partial charge >= 0.3 is 6.09 Å². The van der Waals surface area contributed by atoms with Gasteiger partial charge in [0.2, 0.25) is 5.95 Å². The molecule has 0 spiro atoms. The molecule has 1 aromatic heterocycles. The van der Waals surface area contributed by atoms with Crippen LogP contribution in [0.25, 0.3) is 0 Å². The number of ether oxygens (including phenoxy) is 1. The lowest BCUT2D eigenvalue weighted by Gasteiger charge is -2.08. The molecule has 0 aliphatic heterocycles. The summed E-state index contributed by atoms with van der Waals surface area (Å²) in [6, 6.07) is 15.8. The maximum Gasteiger partial charge on any atom is 0.417 e. The molecule has 0 saturated heterocycles. The van der Waals surface area contributed by atoms with E-state index < -0.39 is 16.1 Å². The van der Waals surface area contributed by atoms with Crippen molar-refractivity contribution in [1.82, 2.24) is 9.97 Å². The molecule has 0 bridgehead atoms. The van der Waals surface area contributed by atoms with Crippen molar-refractivity contribution >= 4 is 27.8 Å². The second kappa shape index (κ2) is 7.62. The maximum atomic E-state index is 12.3. The number of nitrogens with one attached hydrogen (secondary N) is 2. The van der Waals surface area contributed by atoms with Crippen LogP contribution in [0.2, 0.25) is 0 Å². The van der Waals surface area contributed by atoms with Crippen LogP contribution in [0.5, 0.6) is 5.75 Å². The third-order valence-electron chi connectivity index (χ3n) is 3.16. The van der Waals surface area contributed by atoms with Gasteiger partial charge in [0.25, 0.3) is 10.0 Å². The zero-order chi connectivity index (χ0) is 18.4. The van der Waals surface area contributed by atoms with Crippen LogP contribution >= 0.6 is 0 Å². The highest BCUT2D eigenvalue weighted by Gasteiger charge is 2.15. The molecule has 0 radical (unpaired) electrons. The van der Waals surface area contributed by atoms with Crippen molar-refractivity contribution in [2.75, 3.05) is 10.0 Å². The highest BCUT2D eigenvalue weighted by atomic mass is 32.2. The molecule has 0 unspecified atom stereocenters. The first-order valence-corrected chi connectivity index (χ1v) is 8.95. The lowest BCUT2D eigenvalue weighted by molar-refractivity contribution is 0.215. The molecule has 0 saturated carbocycles. The summed E-state index contributed by atoms with van der Waals surface area (Å²) in [6.07, 6.45) is 2.18. The van der Waals surface area contributed by atoms with Crippen LogP contribution in [0, 0.1) is 0 Å². The molecule has 1 heterocycles. The van der Waals surface area contributed by atoms with E-state index in [0.29, 0.717) is 11.4 Å². The molecule has 3 aromatic rings. The second-order valence-electron chi connectivity index (χ2n) is 5.03. The average molecular weight is 370 g/mol. The molecule has 0 fully saturated rings. The Morgan fingerprint density at radius 3 is 2.19 bits per heavy atom. The van der Waals surface area contributed by atoms with Gasteiger partial charge in [-0.3, -0.25) is 5.32 Å². The number of aromatic nitrogens is 2. The van der Waals surface area contributed by atoms with Crippen molar-refractivity contribution in [3.05, 3.63) is 73.1 Å². The predicted octanol–water partition coefficient (Wildman–Crippen LogP) is 2.89. The standard InChI is InChI=1S/C17H14N4O4S/c22-17(25-14-5-2-1-3-6-14)20-13-7-9-15(10-8-13)26(23,24)21-16-18-11-4-12-19-16/h1-12H,(H,20,22)(H,18,19,21). The number of rotatable bonds is 5. The first-order chi connectivity index (χ1) is 12.5. The Morgan fingerprint density at radius 2 is 1.54 bits per heavy atom. The lowest BCUT2D eigenvalue weighted by atomic mass is 10.3. The number of nitrogens with zero attached hydrogens (tertiary/aromatic N) is 2. The number of hydrogen-bond acceptors (Lipinski definition) is 6. The Hall–Kier alpha value is -3.46. The molecule has 26 heavy (non-hydrogen) atoms. The van der Waals surface area contributed by atoms with Crippen LogP contribution in [-0.2, 0) is 10.0 Å². The third kappa shape index (κ3) is 4.54. The van der Waals surface area contributed by atoms with Crippen LogP contribution in [0.3, 0.4) is 0 Å². The number of sulfonamides is 1. The number of anilines is 2. The van der Waals surface area contributed by atoms with Gasteiger partial charge in [-0.25, -0.2) is 27.9 Å². The Labute approximate surface area is 149 Å². The molecule has 8 nitrogen and oxygen atoms in total. The van der Waals surface area contributed by atoms with Crippen molar-refractivity contribution in [3.63, 3.8) is 0 Å². The van der Waals surface area contributed by atoms with Crippen LogP contribution in [0.1, 0.15) is 0 Å². The number of amides is 1. The summed E-state index contributed by atoms with van der Waals surface area (Å²) in [5.41, 5.74) is 0.390. The fourth-order valence-electron chi connectivity index (χ4n) is 1.99. The van der Waals surface area contributed by atoms with Crippen molar-refractivity contribution in [3.8, 4) is 5.75 Å². The monoisotopic (exact) mass is 370 g/mol. The van der Waals surface area contributed by atoms with Crippen LogP contribution < -0.4 is 14.8 Å². The highest BCUT2D eigenvalue weighted by molar-refractivity contribution is 7.92. The average Bonchev–Trinajstić information content (AvgIpc) is 2.63. The van der Waals surface area contributed by atoms with Crippen molar-refractivity contribution in [2.45, 2.75) is 4.90 Å². The van der Waals surface area contributed by atoms with Gasteiger partial charge in [-0.1, -0.05) is 18.2 Å². The Bertz CT molecular complexity index is 978. The van der Waals surface area contributed by atoms with Gasteiger partial charge < -0.3 is 4.74 Å². The summed E-state index contributed by atoms with van der Waals surface area (Å²) in [5, 5.41) is 2.52. The Kier molecular flexibility index (Phi) is 5.09. The fraction of sp³-hybridized carbons (Fsp3) is 0. The van der Waals surface area contributed by atoms with Gasteiger partial charge in [-0.2, -0.15) is 0 Å². The molecule has 3 rings (SSSR count). The van der Waals surface area contributed by atoms with E-state index in [0.717, 1.165) is 0 Å². The van der Waals surface area contributed by atoms with Gasteiger partial charge in [-0.15, -0.1) is 0 Å². The van der Waals surface area contributed by atoms with Crippen LogP contribution in [0.15, 0.2) is 78.0 Å². The third-order valence-corrected chi connectivity index (χ3v) is 4.50. The molecule has 132 valence electrons. The molecule has 0 aliphatic rings. The summed E-state index contributed by atoms with van der Waals surface area (Å²) in [6.45, 7) is 0. The highest BCUT2D eigenvalue weighted by Crippen LogP contribution is 2.17. The molecule has 2 N–H and O–H groups in total. The van der Waals surface area contributed by atoms with E-state index in [1.165, 1.54) is 36.7 Å². The number of carbonyl (C=O) groups excluding carboxylic acids is 1. The minimum Gasteiger partial charge on any atom is -0.410 e. The van der Waals surface area contributed by atoms with Crippen LogP contribution in [-0.4, -0.2) is 24.5 Å². The van der Waals surface area contributed by atoms with Crippen molar-refractivity contribution in [2.24, 2.45) is 0 Å². The zero-order valence-electron chi connectivity index (χ0n) is 13.4. The molecule has 0 aliphatic carbocycles. The summed E-state index contributed by atoms with van der Waals surface area (Å²) < 4.78 is 31.9. The van der Waals surface area contributed by atoms with Gasteiger partial charge in [0.1, 0.15) is 5.75 Å². The summed E-state index contributed by atoms with van der Waals surface area (Å²) >= 11 is 0. The van der Waals surface area contributed by atoms with E-state index in [-0.39, 0.29) is 10.8 Å². The minimum absolute atomic E-state index is 0.00642. The molecule has 0 atom stereocenters. The van der Waals surface area contributed by atoms with E-state index >= 15 is 0 Å². The predicted molar refractivity (Wildman–Crippen MR) is 95.4 cm³/mol. The lowest BCUT2D eigenvalue weighted by Crippen LogP contribution is -2.17. The van der Waals surface area contributed by atoms with Gasteiger partial charge in [-0.05, 0) is 42.5 Å². The van der Waals surface area contributed by atoms with Crippen LogP contribution in [0.4, 0.5) is 16.4 Å². The largest absolute Gasteiger partial charge is 0.417 e. The molecule has 2 aromatic carbocycles. The normalized spacial score (nSPS) is 10.8. The smallest absolute Gasteiger partial charge is 0.410 e. The molecular formula is C17H14N4O4S. The van der Waals surface area contributed by atoms with Gasteiger partial charge in [0.05, 0.1) is 4.90 Å². The summed E-state index contributed by atoms with van der Waals surface area (Å²) in [7, 11) is -3.83. The molecule has 9 heteroatoms. The van der Waals surface area contributed by atoms with E-state index in [1.807, 2.05) is 0 Å². The Balaban J connectivity index is 1.65. The fourth-order valence-corrected chi connectivity index (χ4v) is 2.95. The van der Waals surface area contributed by atoms with Gasteiger partial charge in [0, 0.05) is 18.1 Å². The molecular weight excluding hydrogens is 356 g/mol. The summed E-state index contributed by atoms with van der Waals surface area (Å²) in [5.74, 6) is 0.373. The number of para-hydroxylation sites is 1. The minimum atomic E-state index is -3.83. The number of hydrogen-bond donors (Lipinski definition) is 2. The van der Waals surface area contributed by atoms with E-state index in [4.69, 9.17) is 4.74 Å². The maximum absolute atomic E-state index is 12.3.